The molecule has 0 fully saturated rings. The van der Waals surface area contributed by atoms with Crippen LogP contribution in [0.5, 0.6) is 0 Å². The summed E-state index contributed by atoms with van der Waals surface area (Å²) in [4.78, 5) is 0. The molecular formula is C8H7N3O. The van der Waals surface area contributed by atoms with Crippen LogP contribution in [0, 0.1) is 34.5 Å². The molecule has 60 valence electrons. The van der Waals surface area contributed by atoms with Crippen molar-refractivity contribution >= 4 is 5.71 Å². The van der Waals surface area contributed by atoms with Crippen LogP contribution in [-0.2, 0) is 0 Å². The maximum atomic E-state index is 8.54. The maximum Gasteiger partial charge on any atom is 0.139 e. The Balaban J connectivity index is 2.68. The van der Waals surface area contributed by atoms with Gasteiger partial charge in [-0.25, -0.2) is 0 Å². The van der Waals surface area contributed by atoms with E-state index in [0.29, 0.717) is 12.1 Å². The van der Waals surface area contributed by atoms with Crippen LogP contribution in [-0.4, -0.2) is 10.9 Å². The predicted octanol–water partition coefficient (Wildman–Crippen LogP) is 1.06. The zero-order valence-electron chi connectivity index (χ0n) is 6.31. The van der Waals surface area contributed by atoms with E-state index in [2.05, 4.69) is 5.16 Å². The van der Waals surface area contributed by atoms with Crippen LogP contribution >= 0.6 is 0 Å². The van der Waals surface area contributed by atoms with Crippen LogP contribution in [0.4, 0.5) is 0 Å². The van der Waals surface area contributed by atoms with E-state index in [-0.39, 0.29) is 5.92 Å². The molecular weight excluding hydrogens is 154 g/mol. The smallest absolute Gasteiger partial charge is 0.139 e. The fraction of sp³-hybridized carbons (Fsp3) is 0.375. The molecule has 0 amide bonds. The van der Waals surface area contributed by atoms with Crippen LogP contribution in [0.2, 0.25) is 0 Å². The highest BCUT2D eigenvalue weighted by Gasteiger charge is 2.23. The molecule has 0 aromatic heterocycles. The second-order valence-electron chi connectivity index (χ2n) is 2.55. The van der Waals surface area contributed by atoms with Crippen molar-refractivity contribution in [3.63, 3.8) is 0 Å². The van der Waals surface area contributed by atoms with Crippen molar-refractivity contribution in [2.75, 3.05) is 0 Å². The second-order valence-corrected chi connectivity index (χ2v) is 2.55. The first-order valence-corrected chi connectivity index (χ1v) is 3.50. The summed E-state index contributed by atoms with van der Waals surface area (Å²) in [6.07, 6.45) is 3.83. The molecule has 0 saturated carbocycles. The van der Waals surface area contributed by atoms with Crippen LogP contribution in [0.15, 0.2) is 17.3 Å². The Labute approximate surface area is 70.0 Å². The summed E-state index contributed by atoms with van der Waals surface area (Å²) in [7, 11) is 0. The third kappa shape index (κ3) is 1.43. The summed E-state index contributed by atoms with van der Waals surface area (Å²) in [5.41, 5.74) is 0.524. The van der Waals surface area contributed by atoms with Crippen LogP contribution in [0.1, 0.15) is 6.42 Å². The molecule has 1 aliphatic rings. The van der Waals surface area contributed by atoms with Gasteiger partial charge in [0.2, 0.25) is 0 Å². The largest absolute Gasteiger partial charge is 0.411 e. The van der Waals surface area contributed by atoms with Gasteiger partial charge in [0.1, 0.15) is 5.92 Å². The molecule has 0 saturated heterocycles. The molecule has 0 unspecified atom stereocenters. The van der Waals surface area contributed by atoms with Crippen LogP contribution in [0.25, 0.3) is 0 Å². The average Bonchev–Trinajstić information content (AvgIpc) is 2.55. The van der Waals surface area contributed by atoms with Gasteiger partial charge >= 0.3 is 0 Å². The number of hydrogen-bond acceptors (Lipinski definition) is 4. The first-order valence-electron chi connectivity index (χ1n) is 3.50. The number of nitriles is 2. The topological polar surface area (TPSA) is 80.2 Å². The van der Waals surface area contributed by atoms with Gasteiger partial charge in [0, 0.05) is 12.3 Å². The first kappa shape index (κ1) is 8.29. The summed E-state index contributed by atoms with van der Waals surface area (Å²) in [6, 6.07) is 3.78. The molecule has 0 spiro atoms. The molecule has 4 nitrogen and oxygen atoms in total. The van der Waals surface area contributed by atoms with Crippen molar-refractivity contribution in [1.82, 2.24) is 0 Å². The summed E-state index contributed by atoms with van der Waals surface area (Å²) in [5, 5.41) is 28.5. The molecule has 0 heterocycles. The molecule has 1 N–H and O–H groups in total. The molecule has 1 rings (SSSR count). The first-order chi connectivity index (χ1) is 5.81. The molecule has 0 aromatic rings. The molecule has 0 radical (unpaired) electrons. The Kier molecular flexibility index (Phi) is 2.45. The highest BCUT2D eigenvalue weighted by atomic mass is 16.4. The Morgan fingerprint density at radius 2 is 2.25 bits per heavy atom. The molecule has 0 aliphatic heterocycles. The molecule has 4 heteroatoms. The van der Waals surface area contributed by atoms with Crippen molar-refractivity contribution in [2.45, 2.75) is 6.42 Å². The second kappa shape index (κ2) is 3.54. The van der Waals surface area contributed by atoms with Gasteiger partial charge in [0.05, 0.1) is 17.9 Å². The Morgan fingerprint density at radius 1 is 1.58 bits per heavy atom. The number of allylic oxidation sites excluding steroid dienone is 2. The standard InChI is InChI=1S/C8H7N3O/c9-4-7(5-10)6-1-2-8(3-6)11-12/h1-2,6-7,12H,3H2/b11-8+/t6-/m0/s1. The lowest BCUT2D eigenvalue weighted by molar-refractivity contribution is 0.318. The van der Waals surface area contributed by atoms with Crippen molar-refractivity contribution in [3.8, 4) is 12.1 Å². The average molecular weight is 161 g/mol. The van der Waals surface area contributed by atoms with Gasteiger partial charge in [-0.15, -0.1) is 0 Å². The third-order valence-corrected chi connectivity index (χ3v) is 1.82. The van der Waals surface area contributed by atoms with E-state index in [0.717, 1.165) is 0 Å². The third-order valence-electron chi connectivity index (χ3n) is 1.82. The minimum absolute atomic E-state index is 0.120. The SMILES string of the molecule is N#CC(C#N)[C@H]1C=C/C(=N\O)C1. The lowest BCUT2D eigenvalue weighted by Crippen LogP contribution is -2.07. The van der Waals surface area contributed by atoms with E-state index in [1.54, 1.807) is 12.2 Å². The summed E-state index contributed by atoms with van der Waals surface area (Å²) >= 11 is 0. The van der Waals surface area contributed by atoms with Gasteiger partial charge in [-0.3, -0.25) is 0 Å². The minimum atomic E-state index is -0.638. The Morgan fingerprint density at radius 3 is 2.67 bits per heavy atom. The number of nitrogens with zero attached hydrogens (tertiary/aromatic N) is 3. The Bertz CT molecular complexity index is 291. The number of oxime groups is 1. The van der Waals surface area contributed by atoms with Gasteiger partial charge in [0.25, 0.3) is 0 Å². The van der Waals surface area contributed by atoms with Gasteiger partial charge in [-0.2, -0.15) is 10.5 Å². The van der Waals surface area contributed by atoms with Gasteiger partial charge in [-0.05, 0) is 6.08 Å². The maximum absolute atomic E-state index is 8.54. The number of hydrogen-bond donors (Lipinski definition) is 1. The summed E-state index contributed by atoms with van der Waals surface area (Å²) < 4.78 is 0. The monoisotopic (exact) mass is 161 g/mol. The van der Waals surface area contributed by atoms with E-state index in [1.807, 2.05) is 12.1 Å². The predicted molar refractivity (Wildman–Crippen MR) is 41.2 cm³/mol. The Hall–Kier alpha value is -1.81. The van der Waals surface area contributed by atoms with Gasteiger partial charge in [-0.1, -0.05) is 11.2 Å². The normalized spacial score (nSPS) is 24.2. The van der Waals surface area contributed by atoms with Gasteiger partial charge < -0.3 is 5.21 Å². The zero-order chi connectivity index (χ0) is 8.97. The summed E-state index contributed by atoms with van der Waals surface area (Å²) in [5.74, 6) is -0.758. The van der Waals surface area contributed by atoms with E-state index in [9.17, 15) is 0 Å². The molecule has 1 aliphatic carbocycles. The van der Waals surface area contributed by atoms with Crippen molar-refractivity contribution in [1.29, 1.82) is 10.5 Å². The van der Waals surface area contributed by atoms with E-state index in [1.165, 1.54) is 0 Å². The van der Waals surface area contributed by atoms with E-state index >= 15 is 0 Å². The molecule has 0 bridgehead atoms. The van der Waals surface area contributed by atoms with Crippen molar-refractivity contribution in [2.24, 2.45) is 17.0 Å². The summed E-state index contributed by atoms with van der Waals surface area (Å²) in [6.45, 7) is 0. The van der Waals surface area contributed by atoms with Crippen LogP contribution < -0.4 is 0 Å². The van der Waals surface area contributed by atoms with E-state index in [4.69, 9.17) is 15.7 Å². The molecule has 12 heavy (non-hydrogen) atoms. The molecule has 1 atom stereocenters. The number of rotatable bonds is 1. The fourth-order valence-corrected chi connectivity index (χ4v) is 1.14. The van der Waals surface area contributed by atoms with Crippen molar-refractivity contribution < 1.29 is 5.21 Å². The van der Waals surface area contributed by atoms with Crippen molar-refractivity contribution in [3.05, 3.63) is 12.2 Å². The lowest BCUT2D eigenvalue weighted by atomic mass is 9.94. The zero-order valence-corrected chi connectivity index (χ0v) is 6.31. The fourth-order valence-electron chi connectivity index (χ4n) is 1.14. The molecule has 0 aromatic carbocycles. The lowest BCUT2D eigenvalue weighted by Gasteiger charge is -2.04. The van der Waals surface area contributed by atoms with Gasteiger partial charge in [0.15, 0.2) is 0 Å². The van der Waals surface area contributed by atoms with E-state index < -0.39 is 5.92 Å². The minimum Gasteiger partial charge on any atom is -0.411 e. The highest BCUT2D eigenvalue weighted by molar-refractivity contribution is 5.97. The highest BCUT2D eigenvalue weighted by Crippen LogP contribution is 2.22. The van der Waals surface area contributed by atoms with Crippen LogP contribution in [0.3, 0.4) is 0 Å². The quantitative estimate of drug-likeness (QED) is 0.461.